The smallest absolute Gasteiger partial charge is 0.335 e. The molecule has 0 spiro atoms. The molecule has 132 valence electrons. The van der Waals surface area contributed by atoms with Crippen LogP contribution in [-0.4, -0.2) is 24.1 Å². The molecule has 0 heterocycles. The number of rotatable bonds is 5. The van der Waals surface area contributed by atoms with Crippen molar-refractivity contribution in [1.82, 2.24) is 0 Å². The van der Waals surface area contributed by atoms with Crippen LogP contribution in [0.25, 0.3) is 10.8 Å². The van der Waals surface area contributed by atoms with Crippen molar-refractivity contribution in [2.24, 2.45) is 0 Å². The first-order valence-corrected chi connectivity index (χ1v) is 8.17. The number of hydrogen-bond acceptors (Lipinski definition) is 3. The van der Waals surface area contributed by atoms with E-state index in [2.05, 4.69) is 5.32 Å². The van der Waals surface area contributed by atoms with Gasteiger partial charge in [0.1, 0.15) is 5.75 Å². The molecular formula is C21H19NO4. The molecule has 0 aromatic heterocycles. The van der Waals surface area contributed by atoms with E-state index in [0.717, 1.165) is 27.6 Å². The van der Waals surface area contributed by atoms with E-state index in [0.29, 0.717) is 5.69 Å². The number of aromatic carboxylic acids is 1. The number of methoxy groups -OCH3 is 1. The quantitative estimate of drug-likeness (QED) is 0.729. The largest absolute Gasteiger partial charge is 0.497 e. The Morgan fingerprint density at radius 1 is 1.04 bits per heavy atom. The fourth-order valence-corrected chi connectivity index (χ4v) is 2.90. The highest BCUT2D eigenvalue weighted by atomic mass is 16.5. The number of carbonyl (C=O) groups is 2. The molecule has 3 rings (SSSR count). The van der Waals surface area contributed by atoms with Crippen molar-refractivity contribution in [2.45, 2.75) is 13.3 Å². The molecule has 0 aliphatic heterocycles. The number of ether oxygens (including phenoxy) is 1. The van der Waals surface area contributed by atoms with E-state index in [1.807, 2.05) is 37.3 Å². The maximum Gasteiger partial charge on any atom is 0.335 e. The monoisotopic (exact) mass is 349 g/mol. The molecule has 5 nitrogen and oxygen atoms in total. The fraction of sp³-hybridized carbons (Fsp3) is 0.143. The number of carbonyl (C=O) groups excluding carboxylic acids is 1. The average molecular weight is 349 g/mol. The molecule has 26 heavy (non-hydrogen) atoms. The Morgan fingerprint density at radius 3 is 2.42 bits per heavy atom. The summed E-state index contributed by atoms with van der Waals surface area (Å²) in [6, 6.07) is 15.9. The number of carboxylic acids is 1. The number of anilines is 1. The molecule has 2 N–H and O–H groups in total. The molecule has 5 heteroatoms. The van der Waals surface area contributed by atoms with E-state index in [1.54, 1.807) is 19.2 Å². The van der Waals surface area contributed by atoms with Crippen molar-refractivity contribution >= 4 is 28.3 Å². The SMILES string of the molecule is COc1ccc2c(C)c(CC(=O)Nc3ccc(C(=O)O)cc3)ccc2c1. The Bertz CT molecular complexity index is 977. The van der Waals surface area contributed by atoms with Gasteiger partial charge in [-0.3, -0.25) is 4.79 Å². The lowest BCUT2D eigenvalue weighted by Crippen LogP contribution is -2.15. The van der Waals surface area contributed by atoms with E-state index >= 15 is 0 Å². The predicted molar refractivity (Wildman–Crippen MR) is 101 cm³/mol. The highest BCUT2D eigenvalue weighted by molar-refractivity contribution is 5.95. The zero-order valence-electron chi connectivity index (χ0n) is 14.6. The van der Waals surface area contributed by atoms with Crippen LogP contribution < -0.4 is 10.1 Å². The lowest BCUT2D eigenvalue weighted by molar-refractivity contribution is -0.115. The first kappa shape index (κ1) is 17.5. The van der Waals surface area contributed by atoms with E-state index in [1.165, 1.54) is 12.1 Å². The first-order valence-electron chi connectivity index (χ1n) is 8.17. The molecule has 0 aliphatic rings. The second kappa shape index (κ2) is 7.27. The van der Waals surface area contributed by atoms with Crippen LogP contribution in [0, 0.1) is 6.92 Å². The van der Waals surface area contributed by atoms with Gasteiger partial charge in [-0.1, -0.05) is 18.2 Å². The van der Waals surface area contributed by atoms with Crippen LogP contribution in [0.1, 0.15) is 21.5 Å². The number of benzene rings is 3. The van der Waals surface area contributed by atoms with Crippen LogP contribution in [0.15, 0.2) is 54.6 Å². The Morgan fingerprint density at radius 2 is 1.77 bits per heavy atom. The highest BCUT2D eigenvalue weighted by Gasteiger charge is 2.10. The van der Waals surface area contributed by atoms with Gasteiger partial charge in [0.2, 0.25) is 5.91 Å². The van der Waals surface area contributed by atoms with Crippen LogP contribution in [0.4, 0.5) is 5.69 Å². The third-order valence-electron chi connectivity index (χ3n) is 4.38. The fourth-order valence-electron chi connectivity index (χ4n) is 2.90. The van der Waals surface area contributed by atoms with Gasteiger partial charge in [-0.25, -0.2) is 4.79 Å². The minimum Gasteiger partial charge on any atom is -0.497 e. The van der Waals surface area contributed by atoms with Crippen molar-refractivity contribution in [3.63, 3.8) is 0 Å². The van der Waals surface area contributed by atoms with Gasteiger partial charge in [0.25, 0.3) is 0 Å². The second-order valence-corrected chi connectivity index (χ2v) is 6.04. The summed E-state index contributed by atoms with van der Waals surface area (Å²) in [4.78, 5) is 23.2. The van der Waals surface area contributed by atoms with E-state index in [-0.39, 0.29) is 17.9 Å². The molecular weight excluding hydrogens is 330 g/mol. The van der Waals surface area contributed by atoms with Crippen molar-refractivity contribution in [3.05, 3.63) is 71.3 Å². The van der Waals surface area contributed by atoms with Gasteiger partial charge >= 0.3 is 5.97 Å². The number of amides is 1. The molecule has 0 saturated heterocycles. The molecule has 0 radical (unpaired) electrons. The number of carboxylic acid groups (broad SMARTS) is 1. The first-order chi connectivity index (χ1) is 12.5. The average Bonchev–Trinajstić information content (AvgIpc) is 2.64. The third-order valence-corrected chi connectivity index (χ3v) is 4.38. The Hall–Kier alpha value is -3.34. The van der Waals surface area contributed by atoms with Gasteiger partial charge in [0, 0.05) is 5.69 Å². The normalized spacial score (nSPS) is 10.5. The lowest BCUT2D eigenvalue weighted by atomic mass is 9.97. The van der Waals surface area contributed by atoms with Crippen LogP contribution in [-0.2, 0) is 11.2 Å². The number of fused-ring (bicyclic) bond motifs is 1. The van der Waals surface area contributed by atoms with Gasteiger partial charge in [-0.15, -0.1) is 0 Å². The highest BCUT2D eigenvalue weighted by Crippen LogP contribution is 2.26. The molecule has 0 fully saturated rings. The summed E-state index contributed by atoms with van der Waals surface area (Å²) in [5, 5.41) is 13.9. The standard InChI is InChI=1S/C21H19NO4/c1-13-15(3-4-16-11-18(26-2)9-10-19(13)16)12-20(23)22-17-7-5-14(6-8-17)21(24)25/h3-11H,12H2,1-2H3,(H,22,23)(H,24,25). The third kappa shape index (κ3) is 3.67. The second-order valence-electron chi connectivity index (χ2n) is 6.04. The molecule has 0 unspecified atom stereocenters. The molecule has 0 saturated carbocycles. The van der Waals surface area contributed by atoms with Crippen molar-refractivity contribution in [2.75, 3.05) is 12.4 Å². The van der Waals surface area contributed by atoms with Gasteiger partial charge in [0.15, 0.2) is 0 Å². The van der Waals surface area contributed by atoms with Crippen molar-refractivity contribution < 1.29 is 19.4 Å². The van der Waals surface area contributed by atoms with Crippen molar-refractivity contribution in [3.8, 4) is 5.75 Å². The Kier molecular flexibility index (Phi) is 4.89. The van der Waals surface area contributed by atoms with Gasteiger partial charge in [-0.05, 0) is 65.2 Å². The maximum atomic E-state index is 12.3. The summed E-state index contributed by atoms with van der Waals surface area (Å²) in [5.41, 5.74) is 2.76. The summed E-state index contributed by atoms with van der Waals surface area (Å²) in [7, 11) is 1.63. The number of aryl methyl sites for hydroxylation is 1. The van der Waals surface area contributed by atoms with Gasteiger partial charge < -0.3 is 15.2 Å². The van der Waals surface area contributed by atoms with Gasteiger partial charge in [-0.2, -0.15) is 0 Å². The summed E-state index contributed by atoms with van der Waals surface area (Å²) in [6.45, 7) is 2.00. The minimum atomic E-state index is -0.994. The lowest BCUT2D eigenvalue weighted by Gasteiger charge is -2.11. The molecule has 3 aromatic carbocycles. The molecule has 0 aliphatic carbocycles. The number of nitrogens with one attached hydrogen (secondary N) is 1. The molecule has 3 aromatic rings. The van der Waals surface area contributed by atoms with Crippen LogP contribution in [0.2, 0.25) is 0 Å². The molecule has 1 amide bonds. The van der Waals surface area contributed by atoms with E-state index < -0.39 is 5.97 Å². The molecule has 0 atom stereocenters. The number of hydrogen-bond donors (Lipinski definition) is 2. The van der Waals surface area contributed by atoms with Crippen molar-refractivity contribution in [1.29, 1.82) is 0 Å². The summed E-state index contributed by atoms with van der Waals surface area (Å²) < 4.78 is 5.25. The minimum absolute atomic E-state index is 0.149. The van der Waals surface area contributed by atoms with Crippen LogP contribution >= 0.6 is 0 Å². The Balaban J connectivity index is 1.76. The van der Waals surface area contributed by atoms with E-state index in [4.69, 9.17) is 9.84 Å². The summed E-state index contributed by atoms with van der Waals surface area (Å²) in [6.07, 6.45) is 0.245. The van der Waals surface area contributed by atoms with E-state index in [9.17, 15) is 9.59 Å². The maximum absolute atomic E-state index is 12.3. The summed E-state index contributed by atoms with van der Waals surface area (Å²) in [5.74, 6) is -0.345. The zero-order valence-corrected chi connectivity index (χ0v) is 14.6. The Labute approximate surface area is 151 Å². The zero-order chi connectivity index (χ0) is 18.7. The summed E-state index contributed by atoms with van der Waals surface area (Å²) >= 11 is 0. The predicted octanol–water partition coefficient (Wildman–Crippen LogP) is 4.04. The van der Waals surface area contributed by atoms with Crippen LogP contribution in [0.5, 0.6) is 5.75 Å². The van der Waals surface area contributed by atoms with Gasteiger partial charge in [0.05, 0.1) is 19.1 Å². The topological polar surface area (TPSA) is 75.6 Å². The molecule has 0 bridgehead atoms. The van der Waals surface area contributed by atoms with Crippen LogP contribution in [0.3, 0.4) is 0 Å².